The van der Waals surface area contributed by atoms with Crippen molar-refractivity contribution in [1.29, 1.82) is 0 Å². The Morgan fingerprint density at radius 1 is 1.42 bits per heavy atom. The van der Waals surface area contributed by atoms with E-state index in [1.165, 1.54) is 0 Å². The molecule has 1 aliphatic carbocycles. The van der Waals surface area contributed by atoms with E-state index in [2.05, 4.69) is 5.32 Å². The lowest BCUT2D eigenvalue weighted by Crippen LogP contribution is -2.42. The van der Waals surface area contributed by atoms with E-state index in [0.29, 0.717) is 18.2 Å². The molecule has 1 saturated carbocycles. The van der Waals surface area contributed by atoms with Gasteiger partial charge in [-0.3, -0.25) is 10.1 Å². The molecule has 0 spiro atoms. The van der Waals surface area contributed by atoms with Crippen LogP contribution in [0.2, 0.25) is 0 Å². The molecule has 1 aliphatic rings. The van der Waals surface area contributed by atoms with Crippen LogP contribution in [-0.2, 0) is 11.2 Å². The number of aliphatic carboxylic acids is 1. The van der Waals surface area contributed by atoms with E-state index in [0.717, 1.165) is 18.4 Å². The second-order valence-electron chi connectivity index (χ2n) is 4.72. The van der Waals surface area contributed by atoms with E-state index in [1.54, 1.807) is 6.07 Å². The highest BCUT2D eigenvalue weighted by atomic mass is 16.5. The van der Waals surface area contributed by atoms with E-state index >= 15 is 0 Å². The van der Waals surface area contributed by atoms with Crippen molar-refractivity contribution >= 4 is 5.97 Å². The van der Waals surface area contributed by atoms with Crippen LogP contribution >= 0.6 is 0 Å². The molecule has 2 rings (SSSR count). The predicted octanol–water partition coefficient (Wildman–Crippen LogP) is 0.805. The number of ether oxygens (including phenoxy) is 1. The highest BCUT2D eigenvalue weighted by molar-refractivity contribution is 5.73. The van der Waals surface area contributed by atoms with E-state index in [-0.39, 0.29) is 13.2 Å². The Balaban J connectivity index is 1.93. The van der Waals surface area contributed by atoms with Gasteiger partial charge in [0.2, 0.25) is 0 Å². The lowest BCUT2D eigenvalue weighted by atomic mass is 10.1. The molecule has 0 radical (unpaired) electrons. The Kier molecular flexibility index (Phi) is 4.76. The molecule has 0 aliphatic heterocycles. The fourth-order valence-corrected chi connectivity index (χ4v) is 1.87. The predicted molar refractivity (Wildman–Crippen MR) is 70.3 cm³/mol. The van der Waals surface area contributed by atoms with Crippen molar-refractivity contribution in [1.82, 2.24) is 5.32 Å². The molecule has 0 bridgehead atoms. The summed E-state index contributed by atoms with van der Waals surface area (Å²) < 4.78 is 5.59. The quantitative estimate of drug-likeness (QED) is 0.648. The lowest BCUT2D eigenvalue weighted by Gasteiger charge is -2.16. The van der Waals surface area contributed by atoms with Gasteiger partial charge in [0.15, 0.2) is 0 Å². The van der Waals surface area contributed by atoms with E-state index in [4.69, 9.17) is 14.9 Å². The van der Waals surface area contributed by atoms with Crippen molar-refractivity contribution in [2.75, 3.05) is 13.2 Å². The molecule has 3 N–H and O–H groups in total. The molecule has 5 heteroatoms. The Hall–Kier alpha value is -1.59. The van der Waals surface area contributed by atoms with Crippen LogP contribution in [-0.4, -0.2) is 41.5 Å². The summed E-state index contributed by atoms with van der Waals surface area (Å²) in [6.07, 6.45) is 2.57. The number of para-hydroxylation sites is 1. The summed E-state index contributed by atoms with van der Waals surface area (Å²) in [5.74, 6) is -0.257. The van der Waals surface area contributed by atoms with Gasteiger partial charge in [0, 0.05) is 12.6 Å². The topological polar surface area (TPSA) is 78.8 Å². The summed E-state index contributed by atoms with van der Waals surface area (Å²) in [6, 6.07) is 7.00. The Bertz CT molecular complexity index is 431. The first-order chi connectivity index (χ1) is 9.20. The highest BCUT2D eigenvalue weighted by Gasteiger charge is 2.28. The number of aliphatic hydroxyl groups is 1. The first-order valence-corrected chi connectivity index (χ1v) is 6.51. The van der Waals surface area contributed by atoms with Crippen molar-refractivity contribution in [2.24, 2.45) is 0 Å². The number of nitrogens with one attached hydrogen (secondary N) is 1. The zero-order valence-corrected chi connectivity index (χ0v) is 10.7. The number of hydrogen-bond acceptors (Lipinski definition) is 4. The summed E-state index contributed by atoms with van der Waals surface area (Å²) in [6.45, 7) is 0.136. The molecule has 0 saturated heterocycles. The van der Waals surface area contributed by atoms with E-state index < -0.39 is 12.0 Å². The molecule has 19 heavy (non-hydrogen) atoms. The number of aliphatic hydroxyl groups excluding tert-OH is 1. The zero-order valence-electron chi connectivity index (χ0n) is 10.7. The van der Waals surface area contributed by atoms with Crippen LogP contribution in [0.5, 0.6) is 5.75 Å². The van der Waals surface area contributed by atoms with Gasteiger partial charge in [-0.1, -0.05) is 18.2 Å². The second-order valence-corrected chi connectivity index (χ2v) is 4.72. The minimum atomic E-state index is -0.897. The maximum Gasteiger partial charge on any atom is 0.324 e. The van der Waals surface area contributed by atoms with Crippen LogP contribution < -0.4 is 10.1 Å². The average Bonchev–Trinajstić information content (AvgIpc) is 3.20. The monoisotopic (exact) mass is 265 g/mol. The standard InChI is InChI=1S/C14H19NO4/c16-8-7-10-3-1-2-4-13(10)19-9-12(14(17)18)15-11-5-6-11/h1-4,11-12,15-16H,5-9H2,(H,17,18). The van der Waals surface area contributed by atoms with Gasteiger partial charge < -0.3 is 14.9 Å². The molecule has 0 heterocycles. The number of carboxylic acids is 1. The van der Waals surface area contributed by atoms with Gasteiger partial charge in [-0.2, -0.15) is 0 Å². The molecule has 1 aromatic carbocycles. The van der Waals surface area contributed by atoms with Gasteiger partial charge >= 0.3 is 5.97 Å². The van der Waals surface area contributed by atoms with Crippen molar-refractivity contribution in [3.8, 4) is 5.75 Å². The Labute approximate surface area is 112 Å². The van der Waals surface area contributed by atoms with Gasteiger partial charge in [-0.15, -0.1) is 0 Å². The third-order valence-electron chi connectivity index (χ3n) is 3.07. The molecule has 1 aromatic rings. The fraction of sp³-hybridized carbons (Fsp3) is 0.500. The van der Waals surface area contributed by atoms with Crippen molar-refractivity contribution in [3.05, 3.63) is 29.8 Å². The third-order valence-corrected chi connectivity index (χ3v) is 3.07. The van der Waals surface area contributed by atoms with Crippen LogP contribution in [0.4, 0.5) is 0 Å². The molecular formula is C14H19NO4. The summed E-state index contributed by atoms with van der Waals surface area (Å²) >= 11 is 0. The molecule has 1 fully saturated rings. The first-order valence-electron chi connectivity index (χ1n) is 6.51. The zero-order chi connectivity index (χ0) is 13.7. The van der Waals surface area contributed by atoms with Gasteiger partial charge in [-0.05, 0) is 30.9 Å². The van der Waals surface area contributed by atoms with Crippen LogP contribution in [0.25, 0.3) is 0 Å². The van der Waals surface area contributed by atoms with Gasteiger partial charge in [0.25, 0.3) is 0 Å². The van der Waals surface area contributed by atoms with Gasteiger partial charge in [-0.25, -0.2) is 0 Å². The highest BCUT2D eigenvalue weighted by Crippen LogP contribution is 2.21. The summed E-state index contributed by atoms with van der Waals surface area (Å²) in [7, 11) is 0. The number of rotatable bonds is 8. The SMILES string of the molecule is O=C(O)C(COc1ccccc1CCO)NC1CC1. The first kappa shape index (κ1) is 13.8. The molecule has 5 nitrogen and oxygen atoms in total. The molecule has 0 aromatic heterocycles. The normalized spacial score (nSPS) is 16.1. The molecule has 1 atom stereocenters. The van der Waals surface area contributed by atoms with Crippen molar-refractivity contribution in [2.45, 2.75) is 31.3 Å². The molecule has 104 valence electrons. The summed E-state index contributed by atoms with van der Waals surface area (Å²) in [5, 5.41) is 21.1. The summed E-state index contributed by atoms with van der Waals surface area (Å²) in [5.41, 5.74) is 0.889. The fourth-order valence-electron chi connectivity index (χ4n) is 1.87. The number of benzene rings is 1. The smallest absolute Gasteiger partial charge is 0.324 e. The van der Waals surface area contributed by atoms with Crippen LogP contribution in [0, 0.1) is 0 Å². The van der Waals surface area contributed by atoms with Crippen LogP contribution in [0.1, 0.15) is 18.4 Å². The minimum Gasteiger partial charge on any atom is -0.491 e. The van der Waals surface area contributed by atoms with Crippen LogP contribution in [0.3, 0.4) is 0 Å². The minimum absolute atomic E-state index is 0.0447. The van der Waals surface area contributed by atoms with Crippen molar-refractivity contribution in [3.63, 3.8) is 0 Å². The van der Waals surface area contributed by atoms with Crippen LogP contribution in [0.15, 0.2) is 24.3 Å². The Morgan fingerprint density at radius 3 is 2.79 bits per heavy atom. The molecular weight excluding hydrogens is 246 g/mol. The van der Waals surface area contributed by atoms with Gasteiger partial charge in [0.05, 0.1) is 0 Å². The Morgan fingerprint density at radius 2 is 2.16 bits per heavy atom. The average molecular weight is 265 g/mol. The van der Waals surface area contributed by atoms with Crippen molar-refractivity contribution < 1.29 is 19.7 Å². The number of carboxylic acid groups (broad SMARTS) is 1. The third kappa shape index (κ3) is 4.22. The maximum absolute atomic E-state index is 11.1. The molecule has 0 amide bonds. The number of hydrogen-bond donors (Lipinski definition) is 3. The molecule has 1 unspecified atom stereocenters. The second kappa shape index (κ2) is 6.54. The summed E-state index contributed by atoms with van der Waals surface area (Å²) in [4.78, 5) is 11.1. The van der Waals surface area contributed by atoms with Gasteiger partial charge in [0.1, 0.15) is 18.4 Å². The van der Waals surface area contributed by atoms with E-state index in [1.807, 2.05) is 18.2 Å². The lowest BCUT2D eigenvalue weighted by molar-refractivity contribution is -0.140. The van der Waals surface area contributed by atoms with E-state index in [9.17, 15) is 4.79 Å². The largest absolute Gasteiger partial charge is 0.491 e. The maximum atomic E-state index is 11.1. The number of carbonyl (C=O) groups is 1.